The fraction of sp³-hybridized carbons (Fsp3) is 0.615. The minimum atomic E-state index is -0.0237. The highest BCUT2D eigenvalue weighted by atomic mass is 16.1. The number of hydrogen-bond acceptors (Lipinski definition) is 4. The van der Waals surface area contributed by atoms with Crippen LogP contribution in [0.1, 0.15) is 26.7 Å². The van der Waals surface area contributed by atoms with Crippen LogP contribution in [0.4, 0.5) is 0 Å². The zero-order valence-corrected chi connectivity index (χ0v) is 11.8. The van der Waals surface area contributed by atoms with E-state index in [0.717, 1.165) is 19.4 Å². The summed E-state index contributed by atoms with van der Waals surface area (Å²) >= 11 is 0. The van der Waals surface area contributed by atoms with Gasteiger partial charge in [-0.25, -0.2) is 4.98 Å². The van der Waals surface area contributed by atoms with Crippen molar-refractivity contribution < 1.29 is 0 Å². The number of rotatable bonds is 6. The number of nitrogens with zero attached hydrogens (tertiary/aromatic N) is 4. The quantitative estimate of drug-likeness (QED) is 0.841. The lowest BCUT2D eigenvalue weighted by atomic mass is 10.2. The van der Waals surface area contributed by atoms with Gasteiger partial charge in [-0.3, -0.25) is 14.0 Å². The molecule has 0 spiro atoms. The van der Waals surface area contributed by atoms with Gasteiger partial charge in [-0.15, -0.1) is 0 Å². The summed E-state index contributed by atoms with van der Waals surface area (Å²) in [6.07, 6.45) is 5.38. The molecule has 0 saturated heterocycles. The van der Waals surface area contributed by atoms with E-state index in [-0.39, 0.29) is 5.56 Å². The minimum absolute atomic E-state index is 0.0237. The van der Waals surface area contributed by atoms with Crippen molar-refractivity contribution in [2.24, 2.45) is 7.05 Å². The van der Waals surface area contributed by atoms with Crippen molar-refractivity contribution in [1.29, 1.82) is 0 Å². The zero-order valence-electron chi connectivity index (χ0n) is 11.8. The van der Waals surface area contributed by atoms with E-state index in [4.69, 9.17) is 0 Å². The molecular formula is C13H21N5O. The van der Waals surface area contributed by atoms with E-state index in [0.29, 0.717) is 23.6 Å². The molecule has 0 aliphatic heterocycles. The molecule has 2 heterocycles. The van der Waals surface area contributed by atoms with Crippen LogP contribution in [-0.2, 0) is 13.6 Å². The van der Waals surface area contributed by atoms with Gasteiger partial charge >= 0.3 is 0 Å². The number of hydrogen-bond donors (Lipinski definition) is 1. The van der Waals surface area contributed by atoms with E-state index in [1.165, 1.54) is 0 Å². The van der Waals surface area contributed by atoms with Crippen LogP contribution in [-0.4, -0.2) is 31.9 Å². The molecule has 0 aliphatic carbocycles. The molecule has 0 bridgehead atoms. The van der Waals surface area contributed by atoms with E-state index >= 15 is 0 Å². The largest absolute Gasteiger partial charge is 0.312 e. The first kappa shape index (κ1) is 13.7. The van der Waals surface area contributed by atoms with Gasteiger partial charge in [-0.05, 0) is 12.8 Å². The second-order valence-electron chi connectivity index (χ2n) is 4.72. The second-order valence-corrected chi connectivity index (χ2v) is 4.72. The van der Waals surface area contributed by atoms with Gasteiger partial charge in [0.25, 0.3) is 5.56 Å². The van der Waals surface area contributed by atoms with Gasteiger partial charge in [0.05, 0.1) is 6.20 Å². The minimum Gasteiger partial charge on any atom is -0.312 e. The molecule has 19 heavy (non-hydrogen) atoms. The Bertz CT molecular complexity index is 597. The predicted octanol–water partition coefficient (Wildman–Crippen LogP) is 0.908. The van der Waals surface area contributed by atoms with E-state index in [9.17, 15) is 4.79 Å². The molecule has 0 aliphatic rings. The maximum atomic E-state index is 12.2. The summed E-state index contributed by atoms with van der Waals surface area (Å²) in [4.78, 5) is 16.5. The first-order chi connectivity index (χ1) is 9.17. The van der Waals surface area contributed by atoms with Gasteiger partial charge < -0.3 is 5.32 Å². The van der Waals surface area contributed by atoms with Crippen LogP contribution in [0.25, 0.3) is 11.0 Å². The Balaban J connectivity index is 2.09. The van der Waals surface area contributed by atoms with E-state index in [2.05, 4.69) is 29.2 Å². The second kappa shape index (κ2) is 5.97. The summed E-state index contributed by atoms with van der Waals surface area (Å²) in [5.41, 5.74) is 0.610. The summed E-state index contributed by atoms with van der Waals surface area (Å²) in [5, 5.41) is 8.07. The average molecular weight is 263 g/mol. The molecule has 2 rings (SSSR count). The standard InChI is InChI=1S/C13H21N5O/c1-4-10(5-2)14-6-7-18-9-15-12-11(13(18)19)8-16-17(12)3/h8-10,14H,4-7H2,1-3H3. The summed E-state index contributed by atoms with van der Waals surface area (Å²) in [7, 11) is 1.79. The van der Waals surface area contributed by atoms with Gasteiger partial charge in [0, 0.05) is 26.2 Å². The SMILES string of the molecule is CCC(CC)NCCn1cnc2c(cnn2C)c1=O. The van der Waals surface area contributed by atoms with Gasteiger partial charge in [-0.1, -0.05) is 13.8 Å². The third kappa shape index (κ3) is 2.84. The first-order valence-electron chi connectivity index (χ1n) is 6.77. The summed E-state index contributed by atoms with van der Waals surface area (Å²) in [6, 6.07) is 0.519. The van der Waals surface area contributed by atoms with Crippen molar-refractivity contribution >= 4 is 11.0 Å². The van der Waals surface area contributed by atoms with Gasteiger partial charge in [0.15, 0.2) is 5.65 Å². The Morgan fingerprint density at radius 3 is 2.79 bits per heavy atom. The number of aromatic nitrogens is 4. The number of fused-ring (bicyclic) bond motifs is 1. The monoisotopic (exact) mass is 263 g/mol. The Labute approximate surface area is 112 Å². The zero-order chi connectivity index (χ0) is 13.8. The van der Waals surface area contributed by atoms with Crippen molar-refractivity contribution in [1.82, 2.24) is 24.6 Å². The van der Waals surface area contributed by atoms with Crippen LogP contribution < -0.4 is 10.9 Å². The molecule has 0 aromatic carbocycles. The molecule has 0 radical (unpaired) electrons. The molecule has 0 unspecified atom stereocenters. The maximum absolute atomic E-state index is 12.2. The van der Waals surface area contributed by atoms with Gasteiger partial charge in [0.2, 0.25) is 0 Å². The smallest absolute Gasteiger partial charge is 0.264 e. The van der Waals surface area contributed by atoms with Crippen molar-refractivity contribution in [2.45, 2.75) is 39.3 Å². The van der Waals surface area contributed by atoms with Crippen LogP contribution in [0.15, 0.2) is 17.3 Å². The maximum Gasteiger partial charge on any atom is 0.264 e. The summed E-state index contributed by atoms with van der Waals surface area (Å²) in [6.45, 7) is 5.74. The normalized spacial score (nSPS) is 11.6. The molecule has 0 amide bonds. The fourth-order valence-corrected chi connectivity index (χ4v) is 2.19. The first-order valence-corrected chi connectivity index (χ1v) is 6.77. The molecule has 6 nitrogen and oxygen atoms in total. The topological polar surface area (TPSA) is 64.7 Å². The van der Waals surface area contributed by atoms with E-state index in [1.54, 1.807) is 28.8 Å². The summed E-state index contributed by atoms with van der Waals surface area (Å²) in [5.74, 6) is 0. The predicted molar refractivity (Wildman–Crippen MR) is 75.1 cm³/mol. The Hall–Kier alpha value is -1.69. The van der Waals surface area contributed by atoms with Crippen molar-refractivity contribution in [3.63, 3.8) is 0 Å². The van der Waals surface area contributed by atoms with Gasteiger partial charge in [0.1, 0.15) is 11.7 Å². The van der Waals surface area contributed by atoms with Crippen LogP contribution >= 0.6 is 0 Å². The number of aryl methyl sites for hydroxylation is 1. The lowest BCUT2D eigenvalue weighted by Crippen LogP contribution is -2.33. The molecular weight excluding hydrogens is 242 g/mol. The molecule has 0 fully saturated rings. The fourth-order valence-electron chi connectivity index (χ4n) is 2.19. The number of nitrogens with one attached hydrogen (secondary N) is 1. The molecule has 2 aromatic heterocycles. The third-order valence-corrected chi connectivity index (χ3v) is 3.49. The Morgan fingerprint density at radius 1 is 1.37 bits per heavy atom. The van der Waals surface area contributed by atoms with Crippen molar-refractivity contribution in [3.8, 4) is 0 Å². The molecule has 1 N–H and O–H groups in total. The molecule has 104 valence electrons. The van der Waals surface area contributed by atoms with Gasteiger partial charge in [-0.2, -0.15) is 5.10 Å². The van der Waals surface area contributed by atoms with Crippen LogP contribution in [0.2, 0.25) is 0 Å². The van der Waals surface area contributed by atoms with Crippen LogP contribution in [0, 0.1) is 0 Å². The molecule has 6 heteroatoms. The van der Waals surface area contributed by atoms with Crippen molar-refractivity contribution in [3.05, 3.63) is 22.9 Å². The lowest BCUT2D eigenvalue weighted by Gasteiger charge is -2.14. The van der Waals surface area contributed by atoms with Crippen LogP contribution in [0.3, 0.4) is 0 Å². The van der Waals surface area contributed by atoms with Crippen molar-refractivity contribution in [2.75, 3.05) is 6.54 Å². The highest BCUT2D eigenvalue weighted by molar-refractivity contribution is 5.72. The highest BCUT2D eigenvalue weighted by Gasteiger charge is 2.08. The summed E-state index contributed by atoms with van der Waals surface area (Å²) < 4.78 is 3.25. The Kier molecular flexibility index (Phi) is 4.31. The molecule has 0 atom stereocenters. The Morgan fingerprint density at radius 2 is 2.11 bits per heavy atom. The van der Waals surface area contributed by atoms with E-state index in [1.807, 2.05) is 0 Å². The van der Waals surface area contributed by atoms with Crippen LogP contribution in [0.5, 0.6) is 0 Å². The third-order valence-electron chi connectivity index (χ3n) is 3.49. The average Bonchev–Trinajstić information content (AvgIpc) is 2.80. The van der Waals surface area contributed by atoms with E-state index < -0.39 is 0 Å². The lowest BCUT2D eigenvalue weighted by molar-refractivity contribution is 0.462. The highest BCUT2D eigenvalue weighted by Crippen LogP contribution is 2.02. The molecule has 0 saturated carbocycles. The molecule has 2 aromatic rings.